The molecular weight excluding hydrogens is 321 g/mol. The van der Waals surface area contributed by atoms with Crippen molar-refractivity contribution in [3.63, 3.8) is 0 Å². The second-order valence-electron chi connectivity index (χ2n) is 6.41. The van der Waals surface area contributed by atoms with Crippen LogP contribution in [0.5, 0.6) is 5.75 Å². The van der Waals surface area contributed by atoms with Crippen molar-refractivity contribution >= 4 is 11.6 Å². The SMILES string of the molecule is COc1ccc(C2CCC3C(=O)N(c4ccccc4)NC3N2)cc1F. The van der Waals surface area contributed by atoms with Crippen LogP contribution < -0.4 is 20.5 Å². The summed E-state index contributed by atoms with van der Waals surface area (Å²) < 4.78 is 19.0. The molecule has 0 radical (unpaired) electrons. The first-order valence-electron chi connectivity index (χ1n) is 8.42. The van der Waals surface area contributed by atoms with Crippen LogP contribution >= 0.6 is 0 Å². The van der Waals surface area contributed by atoms with Crippen LogP contribution in [0.1, 0.15) is 24.4 Å². The van der Waals surface area contributed by atoms with Crippen molar-refractivity contribution in [3.8, 4) is 5.75 Å². The van der Waals surface area contributed by atoms with Gasteiger partial charge in [0.05, 0.1) is 24.9 Å². The van der Waals surface area contributed by atoms with E-state index in [4.69, 9.17) is 4.74 Å². The first kappa shape index (κ1) is 16.1. The highest BCUT2D eigenvalue weighted by Crippen LogP contribution is 2.34. The molecule has 130 valence electrons. The van der Waals surface area contributed by atoms with Crippen LogP contribution in [-0.2, 0) is 4.79 Å². The average Bonchev–Trinajstić information content (AvgIpc) is 2.98. The molecule has 3 atom stereocenters. The fraction of sp³-hybridized carbons (Fsp3) is 0.316. The van der Waals surface area contributed by atoms with Gasteiger partial charge in [-0.05, 0) is 42.7 Å². The lowest BCUT2D eigenvalue weighted by molar-refractivity contribution is -0.121. The van der Waals surface area contributed by atoms with E-state index in [1.807, 2.05) is 36.4 Å². The van der Waals surface area contributed by atoms with Crippen LogP contribution in [0.2, 0.25) is 0 Å². The minimum Gasteiger partial charge on any atom is -0.494 e. The second kappa shape index (κ2) is 6.46. The maximum atomic E-state index is 14.0. The Bertz CT molecular complexity index is 783. The Morgan fingerprint density at radius 3 is 2.68 bits per heavy atom. The molecule has 2 heterocycles. The van der Waals surface area contributed by atoms with Gasteiger partial charge in [-0.15, -0.1) is 0 Å². The molecule has 2 aromatic carbocycles. The quantitative estimate of drug-likeness (QED) is 0.901. The summed E-state index contributed by atoms with van der Waals surface area (Å²) >= 11 is 0. The zero-order chi connectivity index (χ0) is 17.4. The van der Waals surface area contributed by atoms with Crippen molar-refractivity contribution in [2.75, 3.05) is 12.1 Å². The number of hydrogen-bond acceptors (Lipinski definition) is 4. The summed E-state index contributed by atoms with van der Waals surface area (Å²) in [4.78, 5) is 12.7. The first-order chi connectivity index (χ1) is 12.2. The van der Waals surface area contributed by atoms with Crippen LogP contribution in [0.3, 0.4) is 0 Å². The Morgan fingerprint density at radius 2 is 1.96 bits per heavy atom. The van der Waals surface area contributed by atoms with Gasteiger partial charge in [-0.25, -0.2) is 14.8 Å². The van der Waals surface area contributed by atoms with E-state index in [0.29, 0.717) is 0 Å². The number of amides is 1. The summed E-state index contributed by atoms with van der Waals surface area (Å²) in [6.45, 7) is 0. The number of benzene rings is 2. The molecule has 0 spiro atoms. The molecule has 0 aromatic heterocycles. The molecule has 25 heavy (non-hydrogen) atoms. The Hall–Kier alpha value is -2.44. The summed E-state index contributed by atoms with van der Waals surface area (Å²) in [5, 5.41) is 5.06. The lowest BCUT2D eigenvalue weighted by Crippen LogP contribution is -2.49. The van der Waals surface area contributed by atoms with Crippen LogP contribution in [0, 0.1) is 11.7 Å². The maximum Gasteiger partial charge on any atom is 0.247 e. The third kappa shape index (κ3) is 2.88. The number of hydrazine groups is 1. The van der Waals surface area contributed by atoms with Gasteiger partial charge in [-0.2, -0.15) is 0 Å². The molecule has 1 amide bonds. The number of fused-ring (bicyclic) bond motifs is 1. The summed E-state index contributed by atoms with van der Waals surface area (Å²) in [6, 6.07) is 14.5. The number of nitrogens with zero attached hydrogens (tertiary/aromatic N) is 1. The van der Waals surface area contributed by atoms with E-state index in [2.05, 4.69) is 10.7 Å². The number of hydrogen-bond donors (Lipinski definition) is 2. The summed E-state index contributed by atoms with van der Waals surface area (Å²) in [5.74, 6) is -0.172. The number of rotatable bonds is 3. The predicted octanol–water partition coefficient (Wildman–Crippen LogP) is 2.75. The number of methoxy groups -OCH3 is 1. The van der Waals surface area contributed by atoms with E-state index in [9.17, 15) is 9.18 Å². The highest BCUT2D eigenvalue weighted by Gasteiger charge is 2.44. The zero-order valence-corrected chi connectivity index (χ0v) is 13.9. The standard InChI is InChI=1S/C19H20FN3O2/c1-25-17-10-7-12(11-15(17)20)16-9-8-14-18(21-16)22-23(19(14)24)13-5-3-2-4-6-13/h2-7,10-11,14,16,18,21-22H,8-9H2,1H3. The van der Waals surface area contributed by atoms with Gasteiger partial charge < -0.3 is 4.74 Å². The molecule has 2 aliphatic rings. The van der Waals surface area contributed by atoms with E-state index < -0.39 is 0 Å². The van der Waals surface area contributed by atoms with Crippen molar-refractivity contribution in [1.29, 1.82) is 0 Å². The fourth-order valence-corrected chi connectivity index (χ4v) is 3.63. The molecule has 5 nitrogen and oxygen atoms in total. The Kier molecular flexibility index (Phi) is 4.15. The van der Waals surface area contributed by atoms with Crippen molar-refractivity contribution < 1.29 is 13.9 Å². The number of halogens is 1. The molecule has 3 unspecified atom stereocenters. The van der Waals surface area contributed by atoms with E-state index in [1.54, 1.807) is 11.1 Å². The number of piperidine rings is 1. The lowest BCUT2D eigenvalue weighted by atomic mass is 9.89. The van der Waals surface area contributed by atoms with Crippen LogP contribution in [-0.4, -0.2) is 19.2 Å². The third-order valence-electron chi connectivity index (χ3n) is 4.95. The minimum atomic E-state index is -0.370. The maximum absolute atomic E-state index is 14.0. The molecule has 2 saturated heterocycles. The van der Waals surface area contributed by atoms with Gasteiger partial charge in [0.1, 0.15) is 0 Å². The first-order valence-corrected chi connectivity index (χ1v) is 8.42. The lowest BCUT2D eigenvalue weighted by Gasteiger charge is -2.31. The molecule has 2 N–H and O–H groups in total. The highest BCUT2D eigenvalue weighted by atomic mass is 19.1. The Labute approximate surface area is 145 Å². The van der Waals surface area contributed by atoms with E-state index in [1.165, 1.54) is 13.2 Å². The number of para-hydroxylation sites is 1. The van der Waals surface area contributed by atoms with Gasteiger partial charge in [-0.3, -0.25) is 10.1 Å². The van der Waals surface area contributed by atoms with Crippen molar-refractivity contribution in [1.82, 2.24) is 10.7 Å². The van der Waals surface area contributed by atoms with Gasteiger partial charge in [-0.1, -0.05) is 24.3 Å². The summed E-state index contributed by atoms with van der Waals surface area (Å²) in [6.07, 6.45) is 1.38. The van der Waals surface area contributed by atoms with Gasteiger partial charge in [0.25, 0.3) is 0 Å². The van der Waals surface area contributed by atoms with Crippen LogP contribution in [0.4, 0.5) is 10.1 Å². The molecule has 6 heteroatoms. The van der Waals surface area contributed by atoms with Crippen molar-refractivity contribution in [3.05, 3.63) is 59.9 Å². The molecule has 2 aromatic rings. The number of ether oxygens (including phenoxy) is 1. The average molecular weight is 341 g/mol. The van der Waals surface area contributed by atoms with E-state index >= 15 is 0 Å². The van der Waals surface area contributed by atoms with E-state index in [0.717, 1.165) is 24.1 Å². The number of anilines is 1. The highest BCUT2D eigenvalue weighted by molar-refractivity contribution is 5.96. The Balaban J connectivity index is 1.52. The topological polar surface area (TPSA) is 53.6 Å². The van der Waals surface area contributed by atoms with Gasteiger partial charge in [0.15, 0.2) is 11.6 Å². The predicted molar refractivity (Wildman–Crippen MR) is 92.4 cm³/mol. The van der Waals surface area contributed by atoms with Crippen molar-refractivity contribution in [2.45, 2.75) is 25.0 Å². The van der Waals surface area contributed by atoms with Crippen LogP contribution in [0.15, 0.2) is 48.5 Å². The summed E-state index contributed by atoms with van der Waals surface area (Å²) in [7, 11) is 1.45. The molecular formula is C19H20FN3O2. The second-order valence-corrected chi connectivity index (χ2v) is 6.41. The molecule has 0 bridgehead atoms. The Morgan fingerprint density at radius 1 is 1.16 bits per heavy atom. The van der Waals surface area contributed by atoms with Crippen LogP contribution in [0.25, 0.3) is 0 Å². The van der Waals surface area contributed by atoms with Crippen molar-refractivity contribution in [2.24, 2.45) is 5.92 Å². The fourth-order valence-electron chi connectivity index (χ4n) is 3.63. The number of carbonyl (C=O) groups is 1. The molecule has 0 saturated carbocycles. The molecule has 2 fully saturated rings. The summed E-state index contributed by atoms with van der Waals surface area (Å²) in [5.41, 5.74) is 4.94. The smallest absolute Gasteiger partial charge is 0.247 e. The number of nitrogens with one attached hydrogen (secondary N) is 2. The molecule has 4 rings (SSSR count). The molecule has 0 aliphatic carbocycles. The minimum absolute atomic E-state index is 0.00215. The molecule has 2 aliphatic heterocycles. The monoisotopic (exact) mass is 341 g/mol. The largest absolute Gasteiger partial charge is 0.494 e. The number of carbonyl (C=O) groups excluding carboxylic acids is 1. The van der Waals surface area contributed by atoms with Gasteiger partial charge >= 0.3 is 0 Å². The zero-order valence-electron chi connectivity index (χ0n) is 13.9. The van der Waals surface area contributed by atoms with Gasteiger partial charge in [0, 0.05) is 6.04 Å². The van der Waals surface area contributed by atoms with Gasteiger partial charge in [0.2, 0.25) is 5.91 Å². The van der Waals surface area contributed by atoms with E-state index in [-0.39, 0.29) is 35.6 Å². The normalized spacial score (nSPS) is 25.8. The third-order valence-corrected chi connectivity index (χ3v) is 4.95.